The number of aromatic carboxylic acids is 1. The van der Waals surface area contributed by atoms with Crippen LogP contribution in [0.2, 0.25) is 0 Å². The van der Waals surface area contributed by atoms with Crippen LogP contribution in [-0.2, 0) is 0 Å². The minimum absolute atomic E-state index is 0.0331. The lowest BCUT2D eigenvalue weighted by molar-refractivity contribution is -0.384. The summed E-state index contributed by atoms with van der Waals surface area (Å²) in [5.41, 5.74) is -0.631. The van der Waals surface area contributed by atoms with Gasteiger partial charge in [-0.2, -0.15) is 0 Å². The van der Waals surface area contributed by atoms with E-state index < -0.39 is 17.0 Å². The number of aliphatic hydroxyl groups is 1. The van der Waals surface area contributed by atoms with E-state index in [1.165, 1.54) is 0 Å². The number of hydrogen-bond acceptors (Lipinski definition) is 6. The first-order valence-electron chi connectivity index (χ1n) is 5.63. The smallest absolute Gasteiger partial charge is 0.354 e. The summed E-state index contributed by atoms with van der Waals surface area (Å²) in [5.74, 6) is -1.47. The molecule has 0 saturated heterocycles. The maximum absolute atomic E-state index is 10.8. The lowest BCUT2D eigenvalue weighted by Gasteiger charge is -2.15. The van der Waals surface area contributed by atoms with Crippen molar-refractivity contribution in [1.82, 2.24) is 4.98 Å². The average molecular weight is 269 g/mol. The van der Waals surface area contributed by atoms with Gasteiger partial charge in [0.25, 0.3) is 0 Å². The fraction of sp³-hybridized carbons (Fsp3) is 0.455. The van der Waals surface area contributed by atoms with Gasteiger partial charge < -0.3 is 15.5 Å². The molecule has 0 fully saturated rings. The first-order valence-corrected chi connectivity index (χ1v) is 5.63. The third kappa shape index (κ3) is 3.88. The second-order valence-electron chi connectivity index (χ2n) is 4.32. The third-order valence-corrected chi connectivity index (χ3v) is 2.54. The SMILES string of the molecule is CC(C)C(O)CNc1nc(C(=O)O)ccc1[N+](=O)[O-]. The summed E-state index contributed by atoms with van der Waals surface area (Å²) in [7, 11) is 0. The normalized spacial score (nSPS) is 12.2. The van der Waals surface area contributed by atoms with Crippen molar-refractivity contribution >= 4 is 17.5 Å². The highest BCUT2D eigenvalue weighted by Crippen LogP contribution is 2.22. The van der Waals surface area contributed by atoms with Gasteiger partial charge in [-0.15, -0.1) is 0 Å². The highest BCUT2D eigenvalue weighted by Gasteiger charge is 2.19. The van der Waals surface area contributed by atoms with Crippen LogP contribution in [-0.4, -0.2) is 38.7 Å². The van der Waals surface area contributed by atoms with Crippen LogP contribution < -0.4 is 5.32 Å². The van der Waals surface area contributed by atoms with E-state index in [4.69, 9.17) is 5.11 Å². The molecule has 1 aromatic rings. The molecule has 0 spiro atoms. The Bertz CT molecular complexity index is 489. The zero-order chi connectivity index (χ0) is 14.6. The summed E-state index contributed by atoms with van der Waals surface area (Å²) in [5, 5.41) is 31.8. The summed E-state index contributed by atoms with van der Waals surface area (Å²) in [6.07, 6.45) is -0.713. The van der Waals surface area contributed by atoms with E-state index in [0.717, 1.165) is 12.1 Å². The van der Waals surface area contributed by atoms with Crippen LogP contribution in [0.3, 0.4) is 0 Å². The van der Waals surface area contributed by atoms with E-state index >= 15 is 0 Å². The Morgan fingerprint density at radius 2 is 2.16 bits per heavy atom. The Labute approximate surface area is 109 Å². The quantitative estimate of drug-likeness (QED) is 0.521. The van der Waals surface area contributed by atoms with E-state index in [0.29, 0.717) is 0 Å². The summed E-state index contributed by atoms with van der Waals surface area (Å²) >= 11 is 0. The number of carbonyl (C=O) groups is 1. The monoisotopic (exact) mass is 269 g/mol. The lowest BCUT2D eigenvalue weighted by Crippen LogP contribution is -2.25. The van der Waals surface area contributed by atoms with Gasteiger partial charge in [-0.25, -0.2) is 9.78 Å². The molecule has 1 unspecified atom stereocenters. The molecule has 19 heavy (non-hydrogen) atoms. The largest absolute Gasteiger partial charge is 0.477 e. The predicted molar refractivity (Wildman–Crippen MR) is 67.2 cm³/mol. The van der Waals surface area contributed by atoms with Crippen LogP contribution in [0.25, 0.3) is 0 Å². The lowest BCUT2D eigenvalue weighted by atomic mass is 10.1. The van der Waals surface area contributed by atoms with Crippen molar-refractivity contribution in [3.05, 3.63) is 27.9 Å². The molecule has 0 aromatic carbocycles. The number of nitro groups is 1. The first kappa shape index (κ1) is 14.8. The third-order valence-electron chi connectivity index (χ3n) is 2.54. The summed E-state index contributed by atoms with van der Waals surface area (Å²) in [4.78, 5) is 24.6. The molecule has 3 N–H and O–H groups in total. The van der Waals surface area contributed by atoms with Gasteiger partial charge in [0.15, 0.2) is 5.69 Å². The van der Waals surface area contributed by atoms with Crippen molar-refractivity contribution in [2.45, 2.75) is 20.0 Å². The zero-order valence-corrected chi connectivity index (χ0v) is 10.5. The number of rotatable bonds is 6. The van der Waals surface area contributed by atoms with Gasteiger partial charge in [0, 0.05) is 12.6 Å². The van der Waals surface area contributed by atoms with Crippen LogP contribution in [0.1, 0.15) is 24.3 Å². The number of carboxylic acids is 1. The molecule has 8 nitrogen and oxygen atoms in total. The number of anilines is 1. The Morgan fingerprint density at radius 1 is 1.53 bits per heavy atom. The van der Waals surface area contributed by atoms with Crippen molar-refractivity contribution in [2.75, 3.05) is 11.9 Å². The summed E-state index contributed by atoms with van der Waals surface area (Å²) in [6.45, 7) is 3.64. The minimum Gasteiger partial charge on any atom is -0.477 e. The molecular weight excluding hydrogens is 254 g/mol. The molecule has 1 atom stereocenters. The van der Waals surface area contributed by atoms with E-state index in [-0.39, 0.29) is 29.7 Å². The number of pyridine rings is 1. The van der Waals surface area contributed by atoms with Crippen LogP contribution >= 0.6 is 0 Å². The van der Waals surface area contributed by atoms with Crippen molar-refractivity contribution < 1.29 is 19.9 Å². The first-order chi connectivity index (χ1) is 8.82. The van der Waals surface area contributed by atoms with Crippen molar-refractivity contribution in [3.63, 3.8) is 0 Å². The molecule has 0 amide bonds. The van der Waals surface area contributed by atoms with Gasteiger partial charge in [-0.3, -0.25) is 10.1 Å². The molecule has 1 heterocycles. The molecule has 1 aromatic heterocycles. The molecule has 0 saturated carbocycles. The molecule has 1 rings (SSSR count). The van der Waals surface area contributed by atoms with Gasteiger partial charge in [0.2, 0.25) is 5.82 Å². The van der Waals surface area contributed by atoms with Gasteiger partial charge >= 0.3 is 11.7 Å². The molecule has 0 aliphatic carbocycles. The number of aliphatic hydroxyl groups excluding tert-OH is 1. The number of nitrogens with zero attached hydrogens (tertiary/aromatic N) is 2. The highest BCUT2D eigenvalue weighted by molar-refractivity contribution is 5.86. The molecular formula is C11H15N3O5. The maximum atomic E-state index is 10.8. The number of carboxylic acid groups (broad SMARTS) is 1. The Balaban J connectivity index is 2.98. The van der Waals surface area contributed by atoms with Crippen LogP contribution in [0.5, 0.6) is 0 Å². The van der Waals surface area contributed by atoms with Gasteiger partial charge in [-0.05, 0) is 12.0 Å². The molecule has 104 valence electrons. The van der Waals surface area contributed by atoms with Gasteiger partial charge in [0.1, 0.15) is 0 Å². The van der Waals surface area contributed by atoms with Crippen LogP contribution in [0, 0.1) is 16.0 Å². The predicted octanol–water partition coefficient (Wildman–Crippen LogP) is 1.12. The Morgan fingerprint density at radius 3 is 2.63 bits per heavy atom. The zero-order valence-electron chi connectivity index (χ0n) is 10.5. The molecule has 0 radical (unpaired) electrons. The van der Waals surface area contributed by atoms with E-state index in [1.54, 1.807) is 13.8 Å². The fourth-order valence-corrected chi connectivity index (χ4v) is 1.29. The van der Waals surface area contributed by atoms with Crippen molar-refractivity contribution in [3.8, 4) is 0 Å². The highest BCUT2D eigenvalue weighted by atomic mass is 16.6. The summed E-state index contributed by atoms with van der Waals surface area (Å²) < 4.78 is 0. The molecule has 0 aliphatic rings. The Hall–Kier alpha value is -2.22. The maximum Gasteiger partial charge on any atom is 0.354 e. The van der Waals surface area contributed by atoms with E-state index in [9.17, 15) is 20.0 Å². The second kappa shape index (κ2) is 6.10. The fourth-order valence-electron chi connectivity index (χ4n) is 1.29. The van der Waals surface area contributed by atoms with Crippen LogP contribution in [0.15, 0.2) is 12.1 Å². The second-order valence-corrected chi connectivity index (χ2v) is 4.32. The van der Waals surface area contributed by atoms with E-state index in [1.807, 2.05) is 0 Å². The Kier molecular flexibility index (Phi) is 4.76. The van der Waals surface area contributed by atoms with E-state index in [2.05, 4.69) is 10.3 Å². The molecule has 8 heteroatoms. The minimum atomic E-state index is -1.28. The number of aromatic nitrogens is 1. The average Bonchev–Trinajstić information content (AvgIpc) is 2.34. The van der Waals surface area contributed by atoms with Gasteiger partial charge in [0.05, 0.1) is 11.0 Å². The van der Waals surface area contributed by atoms with Crippen LogP contribution in [0.4, 0.5) is 11.5 Å². The standard InChI is InChI=1S/C11H15N3O5/c1-6(2)9(15)5-12-10-8(14(18)19)4-3-7(13-10)11(16)17/h3-4,6,9,15H,5H2,1-2H3,(H,12,13)(H,16,17). The number of hydrogen-bond donors (Lipinski definition) is 3. The van der Waals surface area contributed by atoms with Crippen molar-refractivity contribution in [2.24, 2.45) is 5.92 Å². The topological polar surface area (TPSA) is 126 Å². The summed E-state index contributed by atoms with van der Waals surface area (Å²) in [6, 6.07) is 2.13. The molecule has 0 aliphatic heterocycles. The number of nitrogens with one attached hydrogen (secondary N) is 1. The van der Waals surface area contributed by atoms with Gasteiger partial charge in [-0.1, -0.05) is 13.8 Å². The van der Waals surface area contributed by atoms with Crippen molar-refractivity contribution in [1.29, 1.82) is 0 Å². The molecule has 0 bridgehead atoms.